The van der Waals surface area contributed by atoms with Crippen molar-refractivity contribution >= 4 is 60.2 Å². The topological polar surface area (TPSA) is 13.1 Å². The van der Waals surface area contributed by atoms with Gasteiger partial charge in [-0.1, -0.05) is 57.7 Å². The van der Waals surface area contributed by atoms with Gasteiger partial charge in [0.05, 0.1) is 16.0 Å². The predicted molar refractivity (Wildman–Crippen MR) is 83.9 cm³/mol. The van der Waals surface area contributed by atoms with Crippen LogP contribution in [0.2, 0.25) is 5.02 Å². The van der Waals surface area contributed by atoms with Gasteiger partial charge in [-0.2, -0.15) is 0 Å². The minimum Gasteiger partial charge on any atom is -0.455 e. The molecule has 0 unspecified atom stereocenters. The Kier molecular flexibility index (Phi) is 1.23. The smallest absolute Gasteiger partial charge is 0.143 e. The van der Waals surface area contributed by atoms with Crippen LogP contribution in [0.5, 0.6) is 0 Å². The Labute approximate surface area is 134 Å². The molecule has 0 N–H and O–H groups in total. The number of hydrogen-bond acceptors (Lipinski definition) is 1. The van der Waals surface area contributed by atoms with E-state index in [1.807, 2.05) is 0 Å². The third kappa shape index (κ3) is 1.54. The zero-order chi connectivity index (χ0) is 19.9. The van der Waals surface area contributed by atoms with Crippen LogP contribution in [0.4, 0.5) is 0 Å². The van der Waals surface area contributed by atoms with Crippen molar-refractivity contribution in [2.24, 2.45) is 0 Å². The molecule has 1 aromatic heterocycles. The first-order chi connectivity index (χ1) is 12.6. The van der Waals surface area contributed by atoms with Crippen molar-refractivity contribution in [1.29, 1.82) is 0 Å². The van der Waals surface area contributed by atoms with Gasteiger partial charge >= 0.3 is 0 Å². The van der Waals surface area contributed by atoms with Crippen LogP contribution in [0.3, 0.4) is 0 Å². The van der Waals surface area contributed by atoms with Crippen LogP contribution >= 0.6 is 27.5 Å². The third-order valence-electron chi connectivity index (χ3n) is 2.84. The van der Waals surface area contributed by atoms with Gasteiger partial charge in [0.25, 0.3) is 0 Å². The summed E-state index contributed by atoms with van der Waals surface area (Å²) in [5.74, 6) is 0. The van der Waals surface area contributed by atoms with Crippen molar-refractivity contribution in [3.8, 4) is 0 Å². The Morgan fingerprint density at radius 2 is 1.79 bits per heavy atom. The normalized spacial score (nSPS) is 17.6. The van der Waals surface area contributed by atoms with Gasteiger partial charge in [-0.3, -0.25) is 0 Å². The predicted octanol–water partition coefficient (Wildman–Crippen LogP) is 6.16. The van der Waals surface area contributed by atoms with Gasteiger partial charge in [-0.25, -0.2) is 0 Å². The maximum atomic E-state index is 8.46. The van der Waals surface area contributed by atoms with E-state index in [0.29, 0.717) is 0 Å². The highest BCUT2D eigenvalue weighted by Crippen LogP contribution is 2.40. The molecule has 0 saturated carbocycles. The van der Waals surface area contributed by atoms with Crippen molar-refractivity contribution in [2.45, 2.75) is 0 Å². The molecule has 0 aliphatic heterocycles. The summed E-state index contributed by atoms with van der Waals surface area (Å²) in [7, 11) is 0. The highest BCUT2D eigenvalue weighted by Gasteiger charge is 2.14. The van der Waals surface area contributed by atoms with Crippen LogP contribution in [0.15, 0.2) is 57.2 Å². The van der Waals surface area contributed by atoms with Crippen LogP contribution in [-0.4, -0.2) is 0 Å². The van der Waals surface area contributed by atoms with Crippen molar-refractivity contribution < 1.29 is 15.4 Å². The first-order valence-corrected chi connectivity index (χ1v) is 6.46. The molecule has 1 nitrogen and oxygen atoms in total. The first-order valence-electron chi connectivity index (χ1n) is 9.29. The zero-order valence-electron chi connectivity index (χ0n) is 17.2. The maximum absolute atomic E-state index is 8.46. The lowest BCUT2D eigenvalue weighted by Crippen LogP contribution is -1.76. The molecule has 3 aromatic carbocycles. The van der Waals surface area contributed by atoms with Gasteiger partial charge in [-0.05, 0) is 23.5 Å². The summed E-state index contributed by atoms with van der Waals surface area (Å²) in [4.78, 5) is 0. The number of halogens is 2. The van der Waals surface area contributed by atoms with Gasteiger partial charge in [0, 0.05) is 20.6 Å². The summed E-state index contributed by atoms with van der Waals surface area (Å²) in [6.45, 7) is 0. The molecule has 3 heteroatoms. The molecule has 0 fully saturated rings. The molecule has 0 bridgehead atoms. The second-order valence-corrected chi connectivity index (χ2v) is 5.06. The number of benzene rings is 3. The van der Waals surface area contributed by atoms with Gasteiger partial charge in [0.2, 0.25) is 0 Å². The summed E-state index contributed by atoms with van der Waals surface area (Å²) in [5.41, 5.74) is -0.128. The molecule has 4 aromatic rings. The fourth-order valence-corrected chi connectivity index (χ4v) is 2.77. The average Bonchev–Trinajstić information content (AvgIpc) is 3.04. The van der Waals surface area contributed by atoms with E-state index in [9.17, 15) is 0 Å². The molecule has 92 valence electrons. The highest BCUT2D eigenvalue weighted by atomic mass is 79.9. The SMILES string of the molecule is [2H]c1c([2H])c(Cl)c2c(oc3c4c([2H])c([2H])c([2H])c([2H])c4c(Br)c([2H])c32)c1[2H]. The van der Waals surface area contributed by atoms with Crippen molar-refractivity contribution in [2.75, 3.05) is 0 Å². The van der Waals surface area contributed by atoms with Gasteiger partial charge in [0.1, 0.15) is 11.2 Å². The molecule has 4 rings (SSSR count). The van der Waals surface area contributed by atoms with E-state index in [1.54, 1.807) is 0 Å². The Balaban J connectivity index is 2.47. The van der Waals surface area contributed by atoms with Crippen LogP contribution in [0.1, 0.15) is 11.0 Å². The maximum Gasteiger partial charge on any atom is 0.143 e. The lowest BCUT2D eigenvalue weighted by atomic mass is 10.1. The minimum atomic E-state index is -0.460. The molecule has 0 spiro atoms. The number of rotatable bonds is 0. The fraction of sp³-hybridized carbons (Fsp3) is 0. The van der Waals surface area contributed by atoms with Gasteiger partial charge in [0.15, 0.2) is 0 Å². The molecule has 0 atom stereocenters. The van der Waals surface area contributed by atoms with E-state index in [0.717, 1.165) is 0 Å². The van der Waals surface area contributed by atoms with E-state index in [-0.39, 0.29) is 72.4 Å². The quantitative estimate of drug-likeness (QED) is 0.374. The summed E-state index contributed by atoms with van der Waals surface area (Å²) in [5, 5.41) is 0.213. The van der Waals surface area contributed by atoms with Crippen molar-refractivity contribution in [3.05, 3.63) is 57.8 Å². The fourth-order valence-electron chi connectivity index (χ4n) is 2.05. The monoisotopic (exact) mass is 338 g/mol. The lowest BCUT2D eigenvalue weighted by molar-refractivity contribution is 0.672. The minimum absolute atomic E-state index is 0.0272. The molecule has 0 aliphatic rings. The molecule has 0 aliphatic carbocycles. The Morgan fingerprint density at radius 3 is 2.63 bits per heavy atom. The van der Waals surface area contributed by atoms with Crippen molar-refractivity contribution in [1.82, 2.24) is 0 Å². The van der Waals surface area contributed by atoms with Crippen LogP contribution in [-0.2, 0) is 0 Å². The molecular weight excluding hydrogens is 324 g/mol. The third-order valence-corrected chi connectivity index (χ3v) is 3.72. The molecular formula is C16H8BrClO. The largest absolute Gasteiger partial charge is 0.455 e. The van der Waals surface area contributed by atoms with E-state index in [1.165, 1.54) is 0 Å². The second-order valence-electron chi connectivity index (χ2n) is 3.89. The molecule has 19 heavy (non-hydrogen) atoms. The van der Waals surface area contributed by atoms with Gasteiger partial charge < -0.3 is 4.42 Å². The lowest BCUT2D eigenvalue weighted by Gasteiger charge is -2.01. The second kappa shape index (κ2) is 3.99. The Bertz CT molecular complexity index is 1330. The van der Waals surface area contributed by atoms with E-state index >= 15 is 0 Å². The van der Waals surface area contributed by atoms with Crippen LogP contribution in [0, 0.1) is 0 Å². The zero-order valence-corrected chi connectivity index (χ0v) is 11.5. The summed E-state index contributed by atoms with van der Waals surface area (Å²) in [6.07, 6.45) is 0. The van der Waals surface area contributed by atoms with Crippen molar-refractivity contribution in [3.63, 3.8) is 0 Å². The number of hydrogen-bond donors (Lipinski definition) is 0. The Morgan fingerprint density at radius 1 is 1.00 bits per heavy atom. The summed E-state index contributed by atoms with van der Waals surface area (Å²) in [6, 6.07) is -2.89. The van der Waals surface area contributed by atoms with Crippen LogP contribution in [0.25, 0.3) is 32.7 Å². The molecule has 1 heterocycles. The molecule has 0 saturated heterocycles. The van der Waals surface area contributed by atoms with Gasteiger partial charge in [-0.15, -0.1) is 0 Å². The number of furan rings is 1. The van der Waals surface area contributed by atoms with E-state index < -0.39 is 18.1 Å². The summed E-state index contributed by atoms with van der Waals surface area (Å²) >= 11 is 9.47. The van der Waals surface area contributed by atoms with E-state index in [4.69, 9.17) is 27.0 Å². The average molecular weight is 340 g/mol. The molecule has 0 amide bonds. The standard InChI is InChI=1S/C16H8BrClO/c17-12-8-11-15-13(18)6-3-7-14(15)19-16(11)10-5-2-1-4-9(10)12/h1-8H/i1D,2D,3D,4D,5D,6D,7D,8D. The highest BCUT2D eigenvalue weighted by molar-refractivity contribution is 9.10. The Hall–Kier alpha value is -1.51. The van der Waals surface area contributed by atoms with E-state index in [2.05, 4.69) is 15.9 Å². The number of fused-ring (bicyclic) bond motifs is 5. The summed E-state index contributed by atoms with van der Waals surface area (Å²) < 4.78 is 70.4. The van der Waals surface area contributed by atoms with Crippen LogP contribution < -0.4 is 0 Å². The first kappa shape index (κ1) is 5.86. The molecule has 0 radical (unpaired) electrons.